The van der Waals surface area contributed by atoms with Crippen LogP contribution in [-0.2, 0) is 0 Å². The number of ketones is 1. The van der Waals surface area contributed by atoms with E-state index in [2.05, 4.69) is 24.8 Å². The van der Waals surface area contributed by atoms with Gasteiger partial charge in [-0.2, -0.15) is 11.3 Å². The minimum atomic E-state index is 0.0643. The monoisotopic (exact) mass is 379 g/mol. The number of aromatic nitrogens is 1. The van der Waals surface area contributed by atoms with Crippen molar-refractivity contribution in [2.24, 2.45) is 0 Å². The number of rotatable bonds is 5. The van der Waals surface area contributed by atoms with Crippen LogP contribution in [0.1, 0.15) is 48.2 Å². The van der Waals surface area contributed by atoms with Crippen molar-refractivity contribution >= 4 is 33.6 Å². The zero-order valence-corrected chi connectivity index (χ0v) is 16.6. The summed E-state index contributed by atoms with van der Waals surface area (Å²) in [5.41, 5.74) is 4.89. The van der Waals surface area contributed by atoms with Gasteiger partial charge in [0.25, 0.3) is 0 Å². The van der Waals surface area contributed by atoms with E-state index in [4.69, 9.17) is 5.84 Å². The quantitative estimate of drug-likeness (QED) is 0.523. The van der Waals surface area contributed by atoms with Gasteiger partial charge in [0, 0.05) is 52.8 Å². The predicted octanol–water partition coefficient (Wildman–Crippen LogP) is 4.54. The van der Waals surface area contributed by atoms with Crippen molar-refractivity contribution in [1.29, 1.82) is 0 Å². The highest BCUT2D eigenvalue weighted by atomic mass is 32.1. The van der Waals surface area contributed by atoms with Gasteiger partial charge in [-0.25, -0.2) is 0 Å². The molecule has 0 fully saturated rings. The first-order valence-electron chi connectivity index (χ1n) is 9.49. The third-order valence-corrected chi connectivity index (χ3v) is 6.36. The molecule has 2 aromatic heterocycles. The number of hydrogen-bond acceptors (Lipinski definition) is 4. The predicted molar refractivity (Wildman–Crippen MR) is 114 cm³/mol. The molecule has 1 unspecified atom stereocenters. The maximum Gasteiger partial charge on any atom is 0.193 e. The molecule has 4 rings (SSSR count). The third kappa shape index (κ3) is 3.33. The smallest absolute Gasteiger partial charge is 0.193 e. The van der Waals surface area contributed by atoms with Gasteiger partial charge in [-0.05, 0) is 55.0 Å². The highest BCUT2D eigenvalue weighted by molar-refractivity contribution is 7.08. The summed E-state index contributed by atoms with van der Waals surface area (Å²) in [7, 11) is 0. The van der Waals surface area contributed by atoms with E-state index in [9.17, 15) is 4.79 Å². The molecule has 2 N–H and O–H groups in total. The van der Waals surface area contributed by atoms with Crippen molar-refractivity contribution in [3.63, 3.8) is 0 Å². The fraction of sp³-hybridized carbons (Fsp3) is 0.318. The lowest BCUT2D eigenvalue weighted by Gasteiger charge is -2.31. The minimum Gasteiger partial charge on any atom is -0.339 e. The third-order valence-electron chi connectivity index (χ3n) is 5.68. The van der Waals surface area contributed by atoms with Crippen LogP contribution < -0.4 is 5.84 Å². The summed E-state index contributed by atoms with van der Waals surface area (Å²) in [5.74, 6) is 6.26. The van der Waals surface area contributed by atoms with Crippen molar-refractivity contribution in [3.05, 3.63) is 64.0 Å². The SMILES string of the molecule is CCC(C)N1CC=C(c2cn(N)c3ccc(C(=O)c4ccsc4)cc23)CC1. The van der Waals surface area contributed by atoms with Gasteiger partial charge >= 0.3 is 0 Å². The first kappa shape index (κ1) is 18.0. The molecule has 3 heterocycles. The van der Waals surface area contributed by atoms with E-state index in [1.54, 1.807) is 16.0 Å². The van der Waals surface area contributed by atoms with Crippen LogP contribution >= 0.6 is 11.3 Å². The Morgan fingerprint density at radius 1 is 1.30 bits per heavy atom. The standard InChI is InChI=1S/C22H25N3OS/c1-3-15(2)24-9-6-16(7-10-24)20-13-25(23)21-5-4-17(12-19(20)21)22(26)18-8-11-27-14-18/h4-6,8,11-15H,3,7,9-10,23H2,1-2H3. The average molecular weight is 380 g/mol. The number of carbonyl (C=O) groups is 1. The molecule has 1 aromatic carbocycles. The Bertz CT molecular complexity index is 1000. The number of benzene rings is 1. The summed E-state index contributed by atoms with van der Waals surface area (Å²) in [4.78, 5) is 15.3. The second-order valence-corrected chi connectivity index (χ2v) is 8.03. The Kier molecular flexibility index (Phi) is 4.89. The van der Waals surface area contributed by atoms with Crippen molar-refractivity contribution < 1.29 is 4.79 Å². The number of hydrogen-bond donors (Lipinski definition) is 1. The van der Waals surface area contributed by atoms with Gasteiger partial charge in [-0.15, -0.1) is 0 Å². The molecule has 1 aliphatic rings. The van der Waals surface area contributed by atoms with Gasteiger partial charge in [0.05, 0.1) is 5.52 Å². The zero-order chi connectivity index (χ0) is 19.0. The van der Waals surface area contributed by atoms with Crippen LogP contribution in [0.15, 0.2) is 47.3 Å². The van der Waals surface area contributed by atoms with E-state index < -0.39 is 0 Å². The van der Waals surface area contributed by atoms with Crippen LogP contribution in [-0.4, -0.2) is 34.5 Å². The van der Waals surface area contributed by atoms with Crippen molar-refractivity contribution in [2.75, 3.05) is 18.9 Å². The van der Waals surface area contributed by atoms with Gasteiger partial charge in [-0.3, -0.25) is 14.4 Å². The molecule has 1 aliphatic heterocycles. The summed E-state index contributed by atoms with van der Waals surface area (Å²) in [5, 5.41) is 4.89. The molecule has 0 amide bonds. The molecule has 0 bridgehead atoms. The average Bonchev–Trinajstić information content (AvgIpc) is 3.35. The van der Waals surface area contributed by atoms with Crippen LogP contribution in [0.25, 0.3) is 16.5 Å². The summed E-state index contributed by atoms with van der Waals surface area (Å²) in [6.07, 6.45) is 6.48. The molecule has 140 valence electrons. The molecule has 5 heteroatoms. The van der Waals surface area contributed by atoms with E-state index in [-0.39, 0.29) is 5.78 Å². The van der Waals surface area contributed by atoms with E-state index in [0.717, 1.165) is 41.5 Å². The van der Waals surface area contributed by atoms with Crippen molar-refractivity contribution in [3.8, 4) is 0 Å². The van der Waals surface area contributed by atoms with Crippen LogP contribution in [0.5, 0.6) is 0 Å². The Hall–Kier alpha value is -2.37. The van der Waals surface area contributed by atoms with Gasteiger partial charge in [-0.1, -0.05) is 13.0 Å². The number of fused-ring (bicyclic) bond motifs is 1. The topological polar surface area (TPSA) is 51.3 Å². The van der Waals surface area contributed by atoms with Crippen LogP contribution in [0.3, 0.4) is 0 Å². The molecule has 4 nitrogen and oxygen atoms in total. The van der Waals surface area contributed by atoms with Gasteiger partial charge in [0.2, 0.25) is 0 Å². The Morgan fingerprint density at radius 2 is 2.15 bits per heavy atom. The van der Waals surface area contributed by atoms with E-state index in [0.29, 0.717) is 11.6 Å². The van der Waals surface area contributed by atoms with E-state index in [1.165, 1.54) is 12.0 Å². The van der Waals surface area contributed by atoms with Crippen LogP contribution in [0.2, 0.25) is 0 Å². The number of nitrogens with two attached hydrogens (primary N) is 1. The summed E-state index contributed by atoms with van der Waals surface area (Å²) in [6, 6.07) is 8.30. The molecule has 1 atom stereocenters. The molecule has 0 radical (unpaired) electrons. The lowest BCUT2D eigenvalue weighted by molar-refractivity contribution is 0.103. The normalized spacial score (nSPS) is 16.4. The largest absolute Gasteiger partial charge is 0.339 e. The highest BCUT2D eigenvalue weighted by Gasteiger charge is 2.20. The molecule has 0 saturated carbocycles. The van der Waals surface area contributed by atoms with E-state index in [1.807, 2.05) is 41.2 Å². The van der Waals surface area contributed by atoms with Gasteiger partial charge in [0.15, 0.2) is 5.78 Å². The van der Waals surface area contributed by atoms with Crippen LogP contribution in [0.4, 0.5) is 0 Å². The number of nitrogen functional groups attached to an aromatic ring is 1. The molecular formula is C22H25N3OS. The number of thiophene rings is 1. The fourth-order valence-electron chi connectivity index (χ4n) is 3.80. The maximum atomic E-state index is 12.7. The first-order valence-corrected chi connectivity index (χ1v) is 10.4. The Morgan fingerprint density at radius 3 is 2.81 bits per heavy atom. The van der Waals surface area contributed by atoms with Crippen LogP contribution in [0, 0.1) is 0 Å². The van der Waals surface area contributed by atoms with Gasteiger partial charge < -0.3 is 5.84 Å². The minimum absolute atomic E-state index is 0.0643. The number of carbonyl (C=O) groups excluding carboxylic acids is 1. The number of nitrogens with zero attached hydrogens (tertiary/aromatic N) is 2. The molecule has 3 aromatic rings. The highest BCUT2D eigenvalue weighted by Crippen LogP contribution is 2.32. The van der Waals surface area contributed by atoms with Crippen molar-refractivity contribution in [1.82, 2.24) is 9.58 Å². The summed E-state index contributed by atoms with van der Waals surface area (Å²) < 4.78 is 1.67. The Balaban J connectivity index is 1.70. The molecular weight excluding hydrogens is 354 g/mol. The molecule has 27 heavy (non-hydrogen) atoms. The zero-order valence-electron chi connectivity index (χ0n) is 15.8. The Labute approximate surface area is 163 Å². The molecule has 0 saturated heterocycles. The van der Waals surface area contributed by atoms with E-state index >= 15 is 0 Å². The van der Waals surface area contributed by atoms with Crippen molar-refractivity contribution in [2.45, 2.75) is 32.7 Å². The van der Waals surface area contributed by atoms with Gasteiger partial charge in [0.1, 0.15) is 0 Å². The lowest BCUT2D eigenvalue weighted by Crippen LogP contribution is -2.35. The molecule has 0 aliphatic carbocycles. The lowest BCUT2D eigenvalue weighted by atomic mass is 9.96. The summed E-state index contributed by atoms with van der Waals surface area (Å²) in [6.45, 7) is 6.55. The maximum absolute atomic E-state index is 12.7. The second-order valence-electron chi connectivity index (χ2n) is 7.25. The molecule has 0 spiro atoms. The summed E-state index contributed by atoms with van der Waals surface area (Å²) >= 11 is 1.54. The second kappa shape index (κ2) is 7.33. The fourth-order valence-corrected chi connectivity index (χ4v) is 4.44. The first-order chi connectivity index (χ1) is 13.1.